The Bertz CT molecular complexity index is 1290. The number of imidazole rings is 1. The van der Waals surface area contributed by atoms with Crippen LogP contribution in [0.15, 0.2) is 71.2 Å². The van der Waals surface area contributed by atoms with Crippen LogP contribution in [-0.4, -0.2) is 35.7 Å². The van der Waals surface area contributed by atoms with Gasteiger partial charge in [-0.05, 0) is 44.8 Å². The minimum atomic E-state index is -0.269. The summed E-state index contributed by atoms with van der Waals surface area (Å²) in [6, 6.07) is 21.7. The molecule has 0 unspecified atom stereocenters. The summed E-state index contributed by atoms with van der Waals surface area (Å²) in [5.41, 5.74) is 5.73. The Morgan fingerprint density at radius 3 is 1.94 bits per heavy atom. The largest absolute Gasteiger partial charge is 0.469 e. The van der Waals surface area contributed by atoms with Gasteiger partial charge in [0, 0.05) is 16.6 Å². The topological polar surface area (TPSA) is 70.4 Å². The average molecular weight is 507 g/mol. The number of halogens is 1. The molecule has 0 aliphatic heterocycles. The molecule has 0 aliphatic rings. The normalized spacial score (nSPS) is 10.9. The minimum Gasteiger partial charge on any atom is -0.469 e. The third-order valence-electron chi connectivity index (χ3n) is 5.46. The van der Waals surface area contributed by atoms with Crippen LogP contribution in [-0.2, 0) is 38.4 Å². The zero-order valence-electron chi connectivity index (χ0n) is 18.4. The molecule has 1 aromatic heterocycles. The van der Waals surface area contributed by atoms with Gasteiger partial charge in [0.15, 0.2) is 0 Å². The van der Waals surface area contributed by atoms with Crippen molar-refractivity contribution in [2.75, 3.05) is 14.2 Å². The molecule has 0 N–H and O–H groups in total. The molecule has 4 rings (SSSR count). The molecular formula is C26H23BrN2O4. The summed E-state index contributed by atoms with van der Waals surface area (Å²) in [7, 11) is 2.78. The Labute approximate surface area is 200 Å². The van der Waals surface area contributed by atoms with Crippen molar-refractivity contribution in [2.24, 2.45) is 0 Å². The van der Waals surface area contributed by atoms with E-state index < -0.39 is 0 Å². The monoisotopic (exact) mass is 506 g/mol. The Morgan fingerprint density at radius 2 is 1.36 bits per heavy atom. The van der Waals surface area contributed by atoms with Gasteiger partial charge in [0.25, 0.3) is 0 Å². The lowest BCUT2D eigenvalue weighted by molar-refractivity contribution is -0.140. The standard InChI is InChI=1S/C26H23BrN2O4/c1-32-23(30)14-17-6-8-19(9-7-17)16-29-22-5-3-4-21(27)25(22)28-26(29)20-12-10-18(11-13-20)15-24(31)33-2/h3-13H,14-16H2,1-2H3. The van der Waals surface area contributed by atoms with Gasteiger partial charge in [0.1, 0.15) is 11.3 Å². The van der Waals surface area contributed by atoms with Crippen LogP contribution < -0.4 is 0 Å². The van der Waals surface area contributed by atoms with Crippen molar-refractivity contribution < 1.29 is 19.1 Å². The van der Waals surface area contributed by atoms with Gasteiger partial charge in [0.2, 0.25) is 0 Å². The van der Waals surface area contributed by atoms with Crippen molar-refractivity contribution in [1.82, 2.24) is 9.55 Å². The van der Waals surface area contributed by atoms with Crippen molar-refractivity contribution in [1.29, 1.82) is 0 Å². The zero-order valence-corrected chi connectivity index (χ0v) is 20.0. The van der Waals surface area contributed by atoms with Crippen molar-refractivity contribution in [3.05, 3.63) is 87.9 Å². The molecule has 0 spiro atoms. The molecule has 3 aromatic carbocycles. The van der Waals surface area contributed by atoms with Gasteiger partial charge in [-0.15, -0.1) is 0 Å². The molecule has 7 heteroatoms. The maximum atomic E-state index is 11.6. The highest BCUT2D eigenvalue weighted by Crippen LogP contribution is 2.30. The maximum Gasteiger partial charge on any atom is 0.309 e. The predicted molar refractivity (Wildman–Crippen MR) is 130 cm³/mol. The quantitative estimate of drug-likeness (QED) is 0.332. The van der Waals surface area contributed by atoms with Gasteiger partial charge in [-0.25, -0.2) is 4.98 Å². The van der Waals surface area contributed by atoms with E-state index >= 15 is 0 Å². The Kier molecular flexibility index (Phi) is 6.89. The zero-order chi connectivity index (χ0) is 23.4. The van der Waals surface area contributed by atoms with Gasteiger partial charge in [0.05, 0.1) is 32.6 Å². The van der Waals surface area contributed by atoms with Crippen LogP contribution in [0.4, 0.5) is 0 Å². The SMILES string of the molecule is COC(=O)Cc1ccc(Cn2c(-c3ccc(CC(=O)OC)cc3)nc3c(Br)cccc32)cc1. The third-order valence-corrected chi connectivity index (χ3v) is 6.10. The number of esters is 2. The van der Waals surface area contributed by atoms with Crippen molar-refractivity contribution in [2.45, 2.75) is 19.4 Å². The number of fused-ring (bicyclic) bond motifs is 1. The molecule has 0 radical (unpaired) electrons. The van der Waals surface area contributed by atoms with Gasteiger partial charge >= 0.3 is 11.9 Å². The summed E-state index contributed by atoms with van der Waals surface area (Å²) in [5.74, 6) is 0.306. The smallest absolute Gasteiger partial charge is 0.309 e. The molecule has 0 saturated carbocycles. The molecule has 0 bridgehead atoms. The first-order valence-corrected chi connectivity index (χ1v) is 11.2. The van der Waals surface area contributed by atoms with E-state index in [0.29, 0.717) is 6.54 Å². The summed E-state index contributed by atoms with van der Waals surface area (Å²) >= 11 is 3.62. The fraction of sp³-hybridized carbons (Fsp3) is 0.192. The van der Waals surface area contributed by atoms with Crippen LogP contribution in [0.25, 0.3) is 22.4 Å². The van der Waals surface area contributed by atoms with E-state index in [4.69, 9.17) is 14.5 Å². The van der Waals surface area contributed by atoms with E-state index in [2.05, 4.69) is 20.5 Å². The predicted octanol–water partition coefficient (Wildman–Crippen LogP) is 4.95. The van der Waals surface area contributed by atoms with Crippen LogP contribution in [0.1, 0.15) is 16.7 Å². The number of hydrogen-bond acceptors (Lipinski definition) is 5. The number of rotatable bonds is 7. The highest BCUT2D eigenvalue weighted by atomic mass is 79.9. The highest BCUT2D eigenvalue weighted by Gasteiger charge is 2.15. The molecule has 0 atom stereocenters. The first-order valence-electron chi connectivity index (χ1n) is 10.4. The van der Waals surface area contributed by atoms with Crippen LogP contribution >= 0.6 is 15.9 Å². The first kappa shape index (κ1) is 22.7. The molecule has 6 nitrogen and oxygen atoms in total. The number of methoxy groups -OCH3 is 2. The van der Waals surface area contributed by atoms with Gasteiger partial charge in [-0.1, -0.05) is 54.6 Å². The number of carbonyl (C=O) groups is 2. The summed E-state index contributed by atoms with van der Waals surface area (Å²) < 4.78 is 12.6. The van der Waals surface area contributed by atoms with Crippen molar-refractivity contribution in [3.63, 3.8) is 0 Å². The summed E-state index contributed by atoms with van der Waals surface area (Å²) in [5, 5.41) is 0. The molecule has 0 aliphatic carbocycles. The van der Waals surface area contributed by atoms with E-state index in [1.807, 2.05) is 66.7 Å². The Balaban J connectivity index is 1.69. The van der Waals surface area contributed by atoms with Crippen LogP contribution in [0.5, 0.6) is 0 Å². The Morgan fingerprint density at radius 1 is 0.818 bits per heavy atom. The summed E-state index contributed by atoms with van der Waals surface area (Å²) in [4.78, 5) is 28.0. The lowest BCUT2D eigenvalue weighted by Gasteiger charge is -2.11. The van der Waals surface area contributed by atoms with E-state index in [9.17, 15) is 9.59 Å². The number of aromatic nitrogens is 2. The van der Waals surface area contributed by atoms with Crippen LogP contribution in [0, 0.1) is 0 Å². The molecule has 33 heavy (non-hydrogen) atoms. The molecule has 0 amide bonds. The van der Waals surface area contributed by atoms with Gasteiger partial charge < -0.3 is 14.0 Å². The Hall–Kier alpha value is -3.45. The molecular weight excluding hydrogens is 484 g/mol. The number of hydrogen-bond donors (Lipinski definition) is 0. The van der Waals surface area contributed by atoms with E-state index in [0.717, 1.165) is 43.6 Å². The van der Waals surface area contributed by atoms with Crippen LogP contribution in [0.2, 0.25) is 0 Å². The van der Waals surface area contributed by atoms with Crippen molar-refractivity contribution >= 4 is 38.9 Å². The lowest BCUT2D eigenvalue weighted by atomic mass is 10.1. The van der Waals surface area contributed by atoms with Gasteiger partial charge in [-0.3, -0.25) is 9.59 Å². The van der Waals surface area contributed by atoms with Crippen LogP contribution in [0.3, 0.4) is 0 Å². The van der Waals surface area contributed by atoms with E-state index in [1.165, 1.54) is 14.2 Å². The summed E-state index contributed by atoms with van der Waals surface area (Å²) in [6.07, 6.45) is 0.484. The number of nitrogens with zero attached hydrogens (tertiary/aromatic N) is 2. The number of benzene rings is 3. The minimum absolute atomic E-state index is 0.233. The van der Waals surface area contributed by atoms with E-state index in [-0.39, 0.29) is 24.8 Å². The second-order valence-corrected chi connectivity index (χ2v) is 8.50. The second kappa shape index (κ2) is 10.0. The third kappa shape index (κ3) is 5.14. The fourth-order valence-electron chi connectivity index (χ4n) is 3.69. The van der Waals surface area contributed by atoms with Crippen molar-refractivity contribution in [3.8, 4) is 11.4 Å². The molecule has 1 heterocycles. The average Bonchev–Trinajstić information content (AvgIpc) is 3.20. The van der Waals surface area contributed by atoms with Gasteiger partial charge in [-0.2, -0.15) is 0 Å². The summed E-state index contributed by atoms with van der Waals surface area (Å²) in [6.45, 7) is 0.616. The maximum absolute atomic E-state index is 11.6. The number of ether oxygens (including phenoxy) is 2. The molecule has 0 fully saturated rings. The fourth-order valence-corrected chi connectivity index (χ4v) is 4.13. The molecule has 0 saturated heterocycles. The second-order valence-electron chi connectivity index (χ2n) is 7.65. The number of para-hydroxylation sites is 1. The van der Waals surface area contributed by atoms with E-state index in [1.54, 1.807) is 0 Å². The lowest BCUT2D eigenvalue weighted by Crippen LogP contribution is -2.06. The molecule has 168 valence electrons. The highest BCUT2D eigenvalue weighted by molar-refractivity contribution is 9.10. The molecule has 4 aromatic rings. The number of carbonyl (C=O) groups excluding carboxylic acids is 2. The first-order chi connectivity index (χ1) is 16.0.